The van der Waals surface area contributed by atoms with Gasteiger partial charge in [-0.05, 0) is 131 Å². The van der Waals surface area contributed by atoms with E-state index >= 15 is 33.6 Å². The van der Waals surface area contributed by atoms with Crippen LogP contribution < -0.4 is 65.5 Å². The van der Waals surface area contributed by atoms with Crippen LogP contribution in [0.4, 0.5) is 0 Å². The molecule has 706 valence electrons. The second-order valence-electron chi connectivity index (χ2n) is 34.5. The minimum absolute atomic E-state index is 0.00139. The van der Waals surface area contributed by atoms with Gasteiger partial charge in [-0.3, -0.25) is 82.1 Å². The number of rotatable bonds is 18. The van der Waals surface area contributed by atoms with E-state index in [0.29, 0.717) is 77.0 Å². The van der Waals surface area contributed by atoms with Crippen molar-refractivity contribution in [2.45, 2.75) is 240 Å². The number of benzene rings is 3. The maximum absolute atomic E-state index is 15.8. The number of fused-ring (bicyclic) bond motifs is 7. The molecule has 0 unspecified atom stereocenters. The highest BCUT2D eigenvalue weighted by molar-refractivity contribution is 8.00. The number of hydrogen-bond acceptors (Lipinski definition) is 22. The summed E-state index contributed by atoms with van der Waals surface area (Å²) in [5, 5.41) is 63.4. The number of aliphatic hydroxyl groups is 2. The van der Waals surface area contributed by atoms with Gasteiger partial charge in [0.15, 0.2) is 5.78 Å². The molecule has 0 saturated carbocycles. The number of carbonyl (C=O) groups is 16. The fraction of sp³-hybridized carbons (Fsp3) is 0.544. The van der Waals surface area contributed by atoms with E-state index in [2.05, 4.69) is 52.5 Å². The molecule has 9 rings (SSSR count). The molecule has 3 aromatic carbocycles. The molecule has 15 atom stereocenters. The molecule has 4 aliphatic heterocycles. The molecule has 22 N–H and O–H groups in total. The van der Waals surface area contributed by atoms with Crippen molar-refractivity contribution in [3.63, 3.8) is 0 Å². The van der Waals surface area contributed by atoms with Crippen molar-refractivity contribution < 1.29 is 92.0 Å². The van der Waals surface area contributed by atoms with E-state index in [1.807, 2.05) is 12.2 Å². The number of aliphatic hydroxyl groups excluding tert-OH is 2. The third-order valence-corrected chi connectivity index (χ3v) is 25.4. The molecule has 0 aliphatic carbocycles. The third kappa shape index (κ3) is 27.9. The first-order valence-electron chi connectivity index (χ1n) is 44.3. The summed E-state index contributed by atoms with van der Waals surface area (Å²) in [5.74, 6) is -17.2. The minimum Gasteiger partial charge on any atom is -0.508 e. The van der Waals surface area contributed by atoms with E-state index in [1.54, 1.807) is 74.8 Å². The first kappa shape index (κ1) is 101. The third-order valence-electron chi connectivity index (χ3n) is 24.4. The highest BCUT2D eigenvalue weighted by Crippen LogP contribution is 2.30. The van der Waals surface area contributed by atoms with Crippen LogP contribution in [0.15, 0.2) is 97.3 Å². The molecule has 130 heavy (non-hydrogen) atoms. The summed E-state index contributed by atoms with van der Waals surface area (Å²) in [6.45, 7) is 2.65. The molecule has 4 aliphatic rings. The number of aromatic hydroxyl groups is 1. The number of ketones is 1. The van der Waals surface area contributed by atoms with Crippen molar-refractivity contribution >= 4 is 134 Å². The van der Waals surface area contributed by atoms with E-state index in [4.69, 9.17) is 28.3 Å². The summed E-state index contributed by atoms with van der Waals surface area (Å²) in [5.41, 5.74) is 26.4. The number of aromatic amines is 2. The van der Waals surface area contributed by atoms with Crippen LogP contribution in [0.1, 0.15) is 153 Å². The number of carbonyl (C=O) groups excluding carboxylic acids is 16. The quantitative estimate of drug-likeness (QED) is 0.0229. The number of nitrogens with one attached hydrogen (secondary N) is 11. The maximum Gasteiger partial charge on any atom is 0.246 e. The van der Waals surface area contributed by atoms with E-state index < -0.39 is 223 Å². The van der Waals surface area contributed by atoms with Crippen LogP contribution in [0.2, 0.25) is 0 Å². The monoisotopic (exact) mass is 1820 g/mol. The molecule has 40 heteroatoms. The number of Topliss-reactive ketones (excluding diaryl/α,β-unsaturated/α-hetero) is 1. The molecule has 0 spiro atoms. The summed E-state index contributed by atoms with van der Waals surface area (Å²) in [6.07, 6.45) is 7.39. The number of thioether (sulfide) groups is 1. The Bertz CT molecular complexity index is 4930. The number of H-pyrrole nitrogens is 2. The number of aromatic nitrogens is 2. The Morgan fingerprint density at radius 1 is 0.546 bits per heavy atom. The topological polar surface area (TPSA) is 606 Å². The molecule has 3 saturated heterocycles. The standard InChI is InChI=1S/C90H126N20O19S/c1-50(2)36-63-89(128)110-46-57(113)41-73(110)74(114)40-53(38-54-44-96-60-24-17-15-22-58(54)60)80(119)104-68(47-111)83(122)102-65(39-55-45-97-61-25-18-16-23-59(55)61)87(126)108(6)72-28-14-12-10-8-7-9-11-13-27-70(107(5)90(72)129)84(123)99-62(26-19-20-30-75(92)93)81(120)105-69(78(95)117)48-130-49-77(116)98-64(37-52-31-33-56(112)34-32-52)86(125)106(4)51(3)79(118)100-66(42-76(94)115)88(127)109-35-21-29-71(109)85(124)103-67(43-91)82(121)101-63/h7-8,15-18,22-25,31-34,44-45,50-51,53,57,62-73,96-97,111-113H,9-14,19-21,26-30,35-43,46-49,91H2,1-6H3,(H3,92,93)(H2,94,115)(H2,95,117)(H,98,116)(H,99,123)(H,100,118)(H,101,121)(H,102,122)(H,103,124)(H,104,119)(H,105,120)/b8-7-/t51-,53+,57+,62-,63-,64-,65-,66-,67-,68-,69-,70-,71-,72-,73-/m0/s1. The Balaban J connectivity index is 1.08. The summed E-state index contributed by atoms with van der Waals surface area (Å²) in [6, 6.07) is 0.378. The Hall–Kier alpha value is -12.3. The molecule has 15 amide bonds. The summed E-state index contributed by atoms with van der Waals surface area (Å²) in [7, 11) is 4.01. The number of allylic oxidation sites excluding steroid dienone is 2. The molecule has 39 nitrogen and oxygen atoms in total. The number of nitrogens with zero attached hydrogens (tertiary/aromatic N) is 5. The predicted octanol–water partition coefficient (Wildman–Crippen LogP) is -0.418. The van der Waals surface area contributed by atoms with E-state index in [9.17, 15) is 58.5 Å². The number of unbranched alkanes of at least 4 members (excludes halogenated alkanes) is 1. The van der Waals surface area contributed by atoms with E-state index in [-0.39, 0.29) is 113 Å². The molecule has 2 aromatic heterocycles. The molecule has 0 radical (unpaired) electrons. The van der Waals surface area contributed by atoms with Crippen molar-refractivity contribution in [3.8, 4) is 5.75 Å². The van der Waals surface area contributed by atoms with Crippen molar-refractivity contribution in [1.29, 1.82) is 5.41 Å². The van der Waals surface area contributed by atoms with Gasteiger partial charge in [0.2, 0.25) is 88.6 Å². The van der Waals surface area contributed by atoms with Crippen LogP contribution in [-0.4, -0.2) is 294 Å². The highest BCUT2D eigenvalue weighted by atomic mass is 32.2. The van der Waals surface area contributed by atoms with Crippen LogP contribution >= 0.6 is 11.8 Å². The highest BCUT2D eigenvalue weighted by Gasteiger charge is 2.47. The number of phenols is 1. The molecule has 2 bridgehead atoms. The van der Waals surface area contributed by atoms with Crippen LogP contribution in [0.25, 0.3) is 21.8 Å². The average Bonchev–Trinajstić information content (AvgIpc) is 1.62. The number of primary amides is 2. The van der Waals surface area contributed by atoms with Crippen LogP contribution in [0, 0.1) is 17.2 Å². The number of amides is 15. The zero-order valence-corrected chi connectivity index (χ0v) is 75.2. The molecular formula is C90H126N20O19S. The van der Waals surface area contributed by atoms with Gasteiger partial charge in [0.05, 0.1) is 36.8 Å². The van der Waals surface area contributed by atoms with Gasteiger partial charge in [-0.15, -0.1) is 11.8 Å². The summed E-state index contributed by atoms with van der Waals surface area (Å²) >= 11 is 0.816. The van der Waals surface area contributed by atoms with Crippen molar-refractivity contribution in [2.75, 3.05) is 58.9 Å². The smallest absolute Gasteiger partial charge is 0.246 e. The average molecular weight is 1820 g/mol. The fourth-order valence-corrected chi connectivity index (χ4v) is 17.8. The van der Waals surface area contributed by atoms with Crippen molar-refractivity contribution in [2.24, 2.45) is 34.8 Å². The number of amidine groups is 1. The van der Waals surface area contributed by atoms with Gasteiger partial charge >= 0.3 is 0 Å². The zero-order chi connectivity index (χ0) is 94.7. The van der Waals surface area contributed by atoms with Gasteiger partial charge in [-0.1, -0.05) is 93.8 Å². The molecular weight excluding hydrogens is 1700 g/mol. The Kier molecular flexibility index (Phi) is 37.8. The SMILES string of the molecule is CC(C)C[C@@H]1NC(=O)[C@H](CN)NC(=O)[C@@H]2CCCN2C(=O)[C@H](CC(N)=O)NC(=O)[C@H](C)N(C)C(=O)[C@H](Cc2ccc(O)cc2)NC(=O)CSC[C@@H](C(N)=O)NC(=O)[C@H](CCCCC(=N)N)NC(=O)[C@@H]2CCCC/C=C\CCCC[C@@H](C(=O)N2C)N(C)C(=O)[C@H](Cc2c[nH]c3ccccc23)NC(=O)[C@H](CO)NC(=O)[C@H](Cc2c[nH]c3ccccc23)CC(=O)[C@@H]2C[C@@H](O)CN2C1=O. The lowest BCUT2D eigenvalue weighted by molar-refractivity contribution is -0.149. The number of phenolic OH excluding ortho intramolecular Hbond substituents is 1. The van der Waals surface area contributed by atoms with E-state index in [1.165, 1.54) is 62.1 Å². The second-order valence-corrected chi connectivity index (χ2v) is 35.5. The summed E-state index contributed by atoms with van der Waals surface area (Å²) < 4.78 is 0. The van der Waals surface area contributed by atoms with Gasteiger partial charge < -0.3 is 115 Å². The Labute approximate surface area is 758 Å². The normalized spacial score (nSPS) is 26.6. The largest absolute Gasteiger partial charge is 0.508 e. The molecule has 5 aromatic rings. The van der Waals surface area contributed by atoms with Crippen molar-refractivity contribution in [1.82, 2.24) is 77.0 Å². The lowest BCUT2D eigenvalue weighted by Crippen LogP contribution is -2.61. The predicted molar refractivity (Wildman–Crippen MR) is 483 cm³/mol. The van der Waals surface area contributed by atoms with E-state index in [0.717, 1.165) is 26.5 Å². The fourth-order valence-electron chi connectivity index (χ4n) is 17.0. The van der Waals surface area contributed by atoms with Crippen LogP contribution in [0.3, 0.4) is 0 Å². The lowest BCUT2D eigenvalue weighted by Gasteiger charge is -2.36. The lowest BCUT2D eigenvalue weighted by atomic mass is 9.90. The van der Waals surface area contributed by atoms with Gasteiger partial charge in [0.25, 0.3) is 0 Å². The number of hydrogen-bond donors (Lipinski definition) is 18. The number of likely N-dealkylation sites (N-methyl/N-ethyl adjacent to an activating group) is 3. The van der Waals surface area contributed by atoms with Crippen LogP contribution in [0.5, 0.6) is 5.75 Å². The van der Waals surface area contributed by atoms with Gasteiger partial charge in [0.1, 0.15) is 78.3 Å². The van der Waals surface area contributed by atoms with Gasteiger partial charge in [0, 0.05) is 119 Å². The molecule has 3 fully saturated rings. The first-order valence-corrected chi connectivity index (χ1v) is 45.5. The summed E-state index contributed by atoms with van der Waals surface area (Å²) in [4.78, 5) is 248. The van der Waals surface area contributed by atoms with Crippen LogP contribution in [-0.2, 0) is 96.0 Å². The number of nitrogens with two attached hydrogens (primary N) is 4. The van der Waals surface area contributed by atoms with Gasteiger partial charge in [-0.25, -0.2) is 0 Å². The second kappa shape index (κ2) is 48.4. The Morgan fingerprint density at radius 3 is 1.70 bits per heavy atom. The minimum atomic E-state index is -1.83. The Morgan fingerprint density at radius 2 is 1.08 bits per heavy atom. The molecule has 6 heterocycles. The number of para-hydroxylation sites is 2. The van der Waals surface area contributed by atoms with Gasteiger partial charge in [-0.2, -0.15) is 0 Å². The zero-order valence-electron chi connectivity index (χ0n) is 74.4. The van der Waals surface area contributed by atoms with Crippen molar-refractivity contribution in [3.05, 3.63) is 114 Å². The maximum atomic E-state index is 15.8. The first-order chi connectivity index (χ1) is 62.0.